The Morgan fingerprint density at radius 3 is 2.38 bits per heavy atom. The van der Waals surface area contributed by atoms with E-state index in [1.807, 2.05) is 4.90 Å². The zero-order chi connectivity index (χ0) is 16.3. The summed E-state index contributed by atoms with van der Waals surface area (Å²) in [6.07, 6.45) is 4.14. The van der Waals surface area contributed by atoms with Crippen LogP contribution in [0.25, 0.3) is 0 Å². The fourth-order valence-corrected chi connectivity index (χ4v) is 4.04. The summed E-state index contributed by atoms with van der Waals surface area (Å²) < 4.78 is 11.4. The van der Waals surface area contributed by atoms with Crippen molar-refractivity contribution in [1.82, 2.24) is 4.90 Å². The first-order valence-electron chi connectivity index (χ1n) is 8.14. The Morgan fingerprint density at radius 2 is 1.90 bits per heavy atom. The van der Waals surface area contributed by atoms with E-state index in [1.165, 1.54) is 7.11 Å². The summed E-state index contributed by atoms with van der Waals surface area (Å²) in [6, 6.07) is 0.307. The Morgan fingerprint density at radius 1 is 1.29 bits per heavy atom. The third kappa shape index (κ3) is 4.71. The maximum atomic E-state index is 12.0. The average Bonchev–Trinajstić information content (AvgIpc) is 2.38. The van der Waals surface area contributed by atoms with Crippen molar-refractivity contribution in [1.29, 1.82) is 0 Å². The van der Waals surface area contributed by atoms with Crippen LogP contribution in [0.2, 0.25) is 18.1 Å². The van der Waals surface area contributed by atoms with Crippen LogP contribution in [0, 0.1) is 0 Å². The zero-order valence-electron chi connectivity index (χ0n) is 14.9. The Bertz CT molecular complexity index is 352. The lowest BCUT2D eigenvalue weighted by Gasteiger charge is -2.44. The van der Waals surface area contributed by atoms with E-state index in [2.05, 4.69) is 40.8 Å². The van der Waals surface area contributed by atoms with Crippen molar-refractivity contribution >= 4 is 14.4 Å². The average molecular weight is 316 g/mol. The highest BCUT2D eigenvalue weighted by molar-refractivity contribution is 6.74. The summed E-state index contributed by atoms with van der Waals surface area (Å²) in [5, 5.41) is 0.198. The molecule has 0 spiro atoms. The lowest BCUT2D eigenvalue weighted by molar-refractivity contribution is 0.0328. The van der Waals surface area contributed by atoms with Gasteiger partial charge in [-0.05, 0) is 37.4 Å². The highest BCUT2D eigenvalue weighted by Gasteiger charge is 2.41. The minimum atomic E-state index is -1.79. The molecule has 0 N–H and O–H groups in total. The van der Waals surface area contributed by atoms with Gasteiger partial charge in [-0.2, -0.15) is 0 Å². The van der Waals surface area contributed by atoms with Gasteiger partial charge >= 0.3 is 6.09 Å². The van der Waals surface area contributed by atoms with Crippen LogP contribution in [0.5, 0.6) is 0 Å². The summed E-state index contributed by atoms with van der Waals surface area (Å²) >= 11 is 0. The molecule has 1 heterocycles. The highest BCUT2D eigenvalue weighted by atomic mass is 28.4. The van der Waals surface area contributed by atoms with E-state index in [9.17, 15) is 4.79 Å². The molecule has 1 amide bonds. The molecular weight excluding hydrogens is 282 g/mol. The van der Waals surface area contributed by atoms with Crippen LogP contribution in [-0.2, 0) is 9.16 Å². The first kappa shape index (κ1) is 18.5. The first-order chi connectivity index (χ1) is 9.62. The summed E-state index contributed by atoms with van der Waals surface area (Å²) in [5.74, 6) is 0. The number of ether oxygens (including phenoxy) is 1. The zero-order valence-corrected chi connectivity index (χ0v) is 15.9. The number of carbonyl (C=O) groups is 1. The smallest absolute Gasteiger partial charge is 0.409 e. The van der Waals surface area contributed by atoms with Crippen LogP contribution >= 0.6 is 0 Å². The number of hydrogen-bond donors (Lipinski definition) is 0. The summed E-state index contributed by atoms with van der Waals surface area (Å²) in [6.45, 7) is 14.1. The van der Waals surface area contributed by atoms with E-state index in [-0.39, 0.29) is 17.2 Å². The van der Waals surface area contributed by atoms with Crippen LogP contribution in [0.1, 0.15) is 53.4 Å². The minimum absolute atomic E-state index is 0.151. The van der Waals surface area contributed by atoms with Crippen LogP contribution in [-0.4, -0.2) is 45.1 Å². The fraction of sp³-hybridized carbons (Fsp3) is 0.938. The summed E-state index contributed by atoms with van der Waals surface area (Å²) in [7, 11) is -0.324. The molecule has 1 saturated heterocycles. The number of carbonyl (C=O) groups excluding carboxylic acids is 1. The standard InChI is InChI=1S/C16H33NO3Si/c1-8-9-13-10-11-14(12-17(13)15(18)19-5)20-21(6,7)16(2,3)4/h13-14H,8-12H2,1-7H3/t13-,14-/m0/s1. The fourth-order valence-electron chi connectivity index (χ4n) is 2.66. The van der Waals surface area contributed by atoms with Crippen molar-refractivity contribution in [2.75, 3.05) is 13.7 Å². The molecule has 124 valence electrons. The number of rotatable bonds is 4. The van der Waals surface area contributed by atoms with E-state index in [4.69, 9.17) is 9.16 Å². The summed E-state index contributed by atoms with van der Waals surface area (Å²) in [5.41, 5.74) is 0. The van der Waals surface area contributed by atoms with Crippen LogP contribution in [0.3, 0.4) is 0 Å². The molecule has 0 saturated carbocycles. The van der Waals surface area contributed by atoms with Crippen molar-refractivity contribution in [3.05, 3.63) is 0 Å². The van der Waals surface area contributed by atoms with Gasteiger partial charge in [0.25, 0.3) is 0 Å². The molecule has 0 aromatic heterocycles. The Balaban J connectivity index is 2.74. The van der Waals surface area contributed by atoms with Gasteiger partial charge in [0.1, 0.15) is 0 Å². The highest BCUT2D eigenvalue weighted by Crippen LogP contribution is 2.38. The van der Waals surface area contributed by atoms with Crippen LogP contribution in [0.15, 0.2) is 0 Å². The van der Waals surface area contributed by atoms with E-state index >= 15 is 0 Å². The minimum Gasteiger partial charge on any atom is -0.453 e. The number of piperidine rings is 1. The van der Waals surface area contributed by atoms with Crippen molar-refractivity contribution < 1.29 is 14.0 Å². The van der Waals surface area contributed by atoms with Gasteiger partial charge in [0.2, 0.25) is 0 Å². The lowest BCUT2D eigenvalue weighted by Crippen LogP contribution is -2.53. The molecule has 21 heavy (non-hydrogen) atoms. The van der Waals surface area contributed by atoms with E-state index in [0.29, 0.717) is 12.6 Å². The van der Waals surface area contributed by atoms with Gasteiger partial charge in [-0.3, -0.25) is 0 Å². The molecule has 1 aliphatic rings. The Hall–Kier alpha value is -0.553. The van der Waals surface area contributed by atoms with Crippen molar-refractivity contribution in [2.24, 2.45) is 0 Å². The second-order valence-corrected chi connectivity index (χ2v) is 12.4. The molecule has 2 atom stereocenters. The predicted molar refractivity (Wildman–Crippen MR) is 89.1 cm³/mol. The second kappa shape index (κ2) is 7.14. The maximum absolute atomic E-state index is 12.0. The molecular formula is C16H33NO3Si. The van der Waals surface area contributed by atoms with Gasteiger partial charge in [-0.25, -0.2) is 4.79 Å². The third-order valence-electron chi connectivity index (χ3n) is 4.96. The monoisotopic (exact) mass is 315 g/mol. The molecule has 1 rings (SSSR count). The Labute approximate surface area is 131 Å². The topological polar surface area (TPSA) is 38.8 Å². The van der Waals surface area contributed by atoms with Gasteiger partial charge in [0, 0.05) is 12.6 Å². The van der Waals surface area contributed by atoms with Gasteiger partial charge in [0.05, 0.1) is 13.2 Å². The quantitative estimate of drug-likeness (QED) is 0.721. The van der Waals surface area contributed by atoms with Crippen molar-refractivity contribution in [3.8, 4) is 0 Å². The lowest BCUT2D eigenvalue weighted by atomic mass is 9.97. The van der Waals surface area contributed by atoms with Gasteiger partial charge in [-0.15, -0.1) is 0 Å². The largest absolute Gasteiger partial charge is 0.453 e. The molecule has 0 unspecified atom stereocenters. The number of methoxy groups -OCH3 is 1. The number of likely N-dealkylation sites (tertiary alicyclic amines) is 1. The van der Waals surface area contributed by atoms with Crippen molar-refractivity contribution in [2.45, 2.75) is 83.7 Å². The summed E-state index contributed by atoms with van der Waals surface area (Å²) in [4.78, 5) is 13.9. The molecule has 1 aliphatic heterocycles. The molecule has 0 aliphatic carbocycles. The predicted octanol–water partition coefficient (Wildman–Crippen LogP) is 4.41. The molecule has 0 aromatic rings. The van der Waals surface area contributed by atoms with E-state index in [0.717, 1.165) is 25.7 Å². The maximum Gasteiger partial charge on any atom is 0.409 e. The number of nitrogens with zero attached hydrogens (tertiary/aromatic N) is 1. The number of hydrogen-bond acceptors (Lipinski definition) is 3. The SMILES string of the molecule is CCC[C@H]1CC[C@H](O[Si](C)(C)C(C)(C)C)CN1C(=O)OC. The van der Waals surface area contributed by atoms with Gasteiger partial charge in [0.15, 0.2) is 8.32 Å². The van der Waals surface area contributed by atoms with E-state index < -0.39 is 8.32 Å². The molecule has 0 aromatic carbocycles. The van der Waals surface area contributed by atoms with Crippen LogP contribution < -0.4 is 0 Å². The normalized spacial score (nSPS) is 24.0. The third-order valence-corrected chi connectivity index (χ3v) is 9.50. The van der Waals surface area contributed by atoms with Gasteiger partial charge < -0.3 is 14.1 Å². The molecule has 4 nitrogen and oxygen atoms in total. The van der Waals surface area contributed by atoms with Crippen molar-refractivity contribution in [3.63, 3.8) is 0 Å². The molecule has 5 heteroatoms. The second-order valence-electron chi connectivity index (χ2n) is 7.64. The molecule has 0 radical (unpaired) electrons. The van der Waals surface area contributed by atoms with Crippen LogP contribution in [0.4, 0.5) is 4.79 Å². The molecule has 0 bridgehead atoms. The number of amides is 1. The molecule has 1 fully saturated rings. The first-order valence-corrected chi connectivity index (χ1v) is 11.1. The Kier molecular flexibility index (Phi) is 6.29. The van der Waals surface area contributed by atoms with E-state index in [1.54, 1.807) is 0 Å². The van der Waals surface area contributed by atoms with Gasteiger partial charge in [-0.1, -0.05) is 34.1 Å².